The van der Waals surface area contributed by atoms with Crippen LogP contribution in [0.1, 0.15) is 0 Å². The zero-order chi connectivity index (χ0) is 11.5. The molecular formula is C11H6BrF2NO. The highest BCUT2D eigenvalue weighted by Crippen LogP contribution is 2.26. The molecule has 16 heavy (non-hydrogen) atoms. The highest BCUT2D eigenvalue weighted by atomic mass is 79.9. The van der Waals surface area contributed by atoms with E-state index in [9.17, 15) is 8.78 Å². The lowest BCUT2D eigenvalue weighted by Gasteiger charge is -2.05. The molecule has 82 valence electrons. The van der Waals surface area contributed by atoms with E-state index in [1.165, 1.54) is 24.3 Å². The predicted molar refractivity (Wildman–Crippen MR) is 58.4 cm³/mol. The van der Waals surface area contributed by atoms with Gasteiger partial charge in [-0.05, 0) is 24.3 Å². The van der Waals surface area contributed by atoms with E-state index in [0.717, 1.165) is 6.20 Å². The summed E-state index contributed by atoms with van der Waals surface area (Å²) in [5.41, 5.74) is 0. The number of hydrogen-bond acceptors (Lipinski definition) is 2. The summed E-state index contributed by atoms with van der Waals surface area (Å²) < 4.78 is 31.7. The highest BCUT2D eigenvalue weighted by molar-refractivity contribution is 9.10. The first kappa shape index (κ1) is 11.0. The van der Waals surface area contributed by atoms with E-state index in [2.05, 4.69) is 20.9 Å². The normalized spacial score (nSPS) is 10.2. The topological polar surface area (TPSA) is 22.1 Å². The van der Waals surface area contributed by atoms with Crippen LogP contribution in [0.25, 0.3) is 0 Å². The van der Waals surface area contributed by atoms with Gasteiger partial charge in [-0.15, -0.1) is 0 Å². The maximum atomic E-state index is 13.3. The number of halogens is 3. The summed E-state index contributed by atoms with van der Waals surface area (Å²) in [6.07, 6.45) is 1.01. The second kappa shape index (κ2) is 4.57. The van der Waals surface area contributed by atoms with Gasteiger partial charge in [0.05, 0.1) is 6.20 Å². The Hall–Kier alpha value is -1.49. The van der Waals surface area contributed by atoms with E-state index >= 15 is 0 Å². The van der Waals surface area contributed by atoms with E-state index in [-0.39, 0.29) is 11.6 Å². The van der Waals surface area contributed by atoms with Crippen molar-refractivity contribution in [3.63, 3.8) is 0 Å². The molecule has 0 fully saturated rings. The van der Waals surface area contributed by atoms with E-state index in [0.29, 0.717) is 4.47 Å². The van der Waals surface area contributed by atoms with Crippen LogP contribution in [-0.4, -0.2) is 4.98 Å². The molecule has 0 spiro atoms. The molecule has 0 saturated carbocycles. The van der Waals surface area contributed by atoms with Crippen LogP contribution in [0.3, 0.4) is 0 Å². The molecule has 0 saturated heterocycles. The number of pyridine rings is 1. The number of aromatic nitrogens is 1. The molecular weight excluding hydrogens is 280 g/mol. The summed E-state index contributed by atoms with van der Waals surface area (Å²) in [7, 11) is 0. The number of ether oxygens (including phenoxy) is 1. The molecule has 1 heterocycles. The Morgan fingerprint density at radius 1 is 1.12 bits per heavy atom. The van der Waals surface area contributed by atoms with Gasteiger partial charge in [0, 0.05) is 10.5 Å². The van der Waals surface area contributed by atoms with Crippen LogP contribution in [0.4, 0.5) is 8.78 Å². The Morgan fingerprint density at radius 3 is 2.62 bits per heavy atom. The fraction of sp³-hybridized carbons (Fsp3) is 0. The number of nitrogens with zero attached hydrogens (tertiary/aromatic N) is 1. The minimum absolute atomic E-state index is 0.0356. The van der Waals surface area contributed by atoms with E-state index in [1.807, 2.05) is 0 Å². The van der Waals surface area contributed by atoms with Crippen molar-refractivity contribution in [2.75, 3.05) is 0 Å². The van der Waals surface area contributed by atoms with Gasteiger partial charge in [0.2, 0.25) is 5.88 Å². The zero-order valence-electron chi connectivity index (χ0n) is 7.95. The predicted octanol–water partition coefficient (Wildman–Crippen LogP) is 3.91. The van der Waals surface area contributed by atoms with Crippen molar-refractivity contribution in [2.24, 2.45) is 0 Å². The minimum Gasteiger partial charge on any atom is -0.436 e. The third-order valence-electron chi connectivity index (χ3n) is 1.81. The molecule has 2 aromatic rings. The third-order valence-corrected chi connectivity index (χ3v) is 2.30. The lowest BCUT2D eigenvalue weighted by Crippen LogP contribution is -1.91. The van der Waals surface area contributed by atoms with Crippen LogP contribution in [0.2, 0.25) is 0 Å². The van der Waals surface area contributed by atoms with Crippen molar-refractivity contribution >= 4 is 15.9 Å². The van der Waals surface area contributed by atoms with Crippen molar-refractivity contribution in [3.05, 3.63) is 52.6 Å². The van der Waals surface area contributed by atoms with Crippen molar-refractivity contribution in [1.29, 1.82) is 0 Å². The van der Waals surface area contributed by atoms with Gasteiger partial charge in [0.25, 0.3) is 0 Å². The number of hydrogen-bond donors (Lipinski definition) is 0. The average molecular weight is 286 g/mol. The standard InChI is InChI=1S/C11H6BrF2NO/c12-7-1-3-9(14)10(5-7)16-11-4-2-8(13)6-15-11/h1-6H. The van der Waals surface area contributed by atoms with Crippen LogP contribution in [0.15, 0.2) is 41.0 Å². The van der Waals surface area contributed by atoms with Crippen molar-refractivity contribution in [3.8, 4) is 11.6 Å². The van der Waals surface area contributed by atoms with Gasteiger partial charge in [-0.1, -0.05) is 15.9 Å². The first-order chi connectivity index (χ1) is 7.65. The number of rotatable bonds is 2. The van der Waals surface area contributed by atoms with Crippen LogP contribution >= 0.6 is 15.9 Å². The molecule has 0 unspecified atom stereocenters. The summed E-state index contributed by atoms with van der Waals surface area (Å²) in [6.45, 7) is 0. The molecule has 0 aliphatic rings. The van der Waals surface area contributed by atoms with Gasteiger partial charge >= 0.3 is 0 Å². The zero-order valence-corrected chi connectivity index (χ0v) is 9.54. The molecule has 0 atom stereocenters. The van der Waals surface area contributed by atoms with Gasteiger partial charge < -0.3 is 4.74 Å². The van der Waals surface area contributed by atoms with Gasteiger partial charge in [0.15, 0.2) is 11.6 Å². The molecule has 0 N–H and O–H groups in total. The first-order valence-corrected chi connectivity index (χ1v) is 5.19. The Morgan fingerprint density at radius 2 is 1.94 bits per heavy atom. The molecule has 0 aliphatic carbocycles. The minimum atomic E-state index is -0.505. The molecule has 1 aromatic heterocycles. The van der Waals surface area contributed by atoms with Gasteiger partial charge in [-0.25, -0.2) is 13.8 Å². The highest BCUT2D eigenvalue weighted by Gasteiger charge is 2.06. The smallest absolute Gasteiger partial charge is 0.219 e. The van der Waals surface area contributed by atoms with Gasteiger partial charge in [-0.2, -0.15) is 0 Å². The Balaban J connectivity index is 2.26. The second-order valence-electron chi connectivity index (χ2n) is 2.99. The fourth-order valence-electron chi connectivity index (χ4n) is 1.09. The average Bonchev–Trinajstić information content (AvgIpc) is 2.27. The largest absolute Gasteiger partial charge is 0.436 e. The van der Waals surface area contributed by atoms with E-state index < -0.39 is 11.6 Å². The maximum Gasteiger partial charge on any atom is 0.219 e. The SMILES string of the molecule is Fc1ccc(Oc2cc(Br)ccc2F)nc1. The molecule has 0 amide bonds. The van der Waals surface area contributed by atoms with Crippen LogP contribution in [0, 0.1) is 11.6 Å². The third kappa shape index (κ3) is 2.55. The van der Waals surface area contributed by atoms with E-state index in [4.69, 9.17) is 4.74 Å². The Bertz CT molecular complexity index is 502. The lowest BCUT2D eigenvalue weighted by molar-refractivity contribution is 0.425. The fourth-order valence-corrected chi connectivity index (χ4v) is 1.43. The molecule has 2 nitrogen and oxygen atoms in total. The van der Waals surface area contributed by atoms with Crippen molar-refractivity contribution in [2.45, 2.75) is 0 Å². The Labute approximate surface area is 99.0 Å². The summed E-state index contributed by atoms with van der Waals surface area (Å²) >= 11 is 3.19. The van der Waals surface area contributed by atoms with Crippen LogP contribution < -0.4 is 4.74 Å². The summed E-state index contributed by atoms with van der Waals surface area (Å²) in [5.74, 6) is -0.803. The molecule has 0 bridgehead atoms. The molecule has 5 heteroatoms. The maximum absolute atomic E-state index is 13.3. The summed E-state index contributed by atoms with van der Waals surface area (Å²) in [5, 5.41) is 0. The van der Waals surface area contributed by atoms with Gasteiger partial charge in [-0.3, -0.25) is 0 Å². The quantitative estimate of drug-likeness (QED) is 0.835. The van der Waals surface area contributed by atoms with E-state index in [1.54, 1.807) is 6.07 Å². The second-order valence-corrected chi connectivity index (χ2v) is 3.91. The molecule has 2 rings (SSSR count). The summed E-state index contributed by atoms with van der Waals surface area (Å²) in [6, 6.07) is 6.82. The lowest BCUT2D eigenvalue weighted by atomic mass is 10.3. The van der Waals surface area contributed by atoms with Crippen molar-refractivity contribution in [1.82, 2.24) is 4.98 Å². The summed E-state index contributed by atoms with van der Waals surface area (Å²) in [4.78, 5) is 3.67. The molecule has 0 aliphatic heterocycles. The Kier molecular flexibility index (Phi) is 3.14. The van der Waals surface area contributed by atoms with Gasteiger partial charge in [0.1, 0.15) is 5.82 Å². The molecule has 1 aromatic carbocycles. The van der Waals surface area contributed by atoms with Crippen LogP contribution in [0.5, 0.6) is 11.6 Å². The van der Waals surface area contributed by atoms with Crippen LogP contribution in [-0.2, 0) is 0 Å². The first-order valence-electron chi connectivity index (χ1n) is 4.39. The monoisotopic (exact) mass is 285 g/mol. The number of benzene rings is 1. The molecule has 0 radical (unpaired) electrons. The van der Waals surface area contributed by atoms with Crippen molar-refractivity contribution < 1.29 is 13.5 Å².